The minimum absolute atomic E-state index is 0.361. The van der Waals surface area contributed by atoms with Gasteiger partial charge in [0.1, 0.15) is 18.7 Å². The zero-order valence-electron chi connectivity index (χ0n) is 11.9. The Morgan fingerprint density at radius 3 is 2.80 bits per heavy atom. The van der Waals surface area contributed by atoms with E-state index in [1.807, 2.05) is 23.7 Å². The molecule has 0 unspecified atom stereocenters. The van der Waals surface area contributed by atoms with Crippen LogP contribution in [-0.4, -0.2) is 14.8 Å². The van der Waals surface area contributed by atoms with Gasteiger partial charge in [0.2, 0.25) is 0 Å². The van der Waals surface area contributed by atoms with E-state index in [0.29, 0.717) is 24.0 Å². The van der Waals surface area contributed by atoms with E-state index >= 15 is 0 Å². The van der Waals surface area contributed by atoms with Crippen LogP contribution in [0.25, 0.3) is 0 Å². The van der Waals surface area contributed by atoms with Crippen LogP contribution in [0.15, 0.2) is 22.9 Å². The van der Waals surface area contributed by atoms with Crippen LogP contribution in [0.5, 0.6) is 5.75 Å². The Balaban J connectivity index is 2.12. The van der Waals surface area contributed by atoms with Crippen molar-refractivity contribution < 1.29 is 4.74 Å². The molecule has 0 aliphatic carbocycles. The lowest BCUT2D eigenvalue weighted by molar-refractivity contribution is 0.282. The summed E-state index contributed by atoms with van der Waals surface area (Å²) in [5.74, 6) is 2.02. The first-order valence-electron chi connectivity index (χ1n) is 6.52. The number of ether oxygens (including phenoxy) is 1. The molecule has 1 heterocycles. The number of hydrogen-bond donors (Lipinski definition) is 1. The van der Waals surface area contributed by atoms with Gasteiger partial charge in [-0.15, -0.1) is 0 Å². The molecule has 5 nitrogen and oxygen atoms in total. The van der Waals surface area contributed by atoms with E-state index < -0.39 is 0 Å². The van der Waals surface area contributed by atoms with E-state index in [2.05, 4.69) is 39.9 Å². The van der Waals surface area contributed by atoms with Crippen LogP contribution < -0.4 is 10.5 Å². The van der Waals surface area contributed by atoms with Gasteiger partial charge in [-0.3, -0.25) is 0 Å². The minimum atomic E-state index is 0.361. The normalized spacial score (nSPS) is 11.1. The van der Waals surface area contributed by atoms with Crippen molar-refractivity contribution in [3.05, 3.63) is 34.3 Å². The molecule has 6 heteroatoms. The second-order valence-corrected chi connectivity index (χ2v) is 6.10. The summed E-state index contributed by atoms with van der Waals surface area (Å²) < 4.78 is 8.64. The summed E-state index contributed by atoms with van der Waals surface area (Å²) in [6.07, 6.45) is 1.55. The first-order valence-corrected chi connectivity index (χ1v) is 7.31. The van der Waals surface area contributed by atoms with Crippen LogP contribution in [-0.2, 0) is 13.2 Å². The number of benzene rings is 1. The third-order valence-electron chi connectivity index (χ3n) is 2.85. The van der Waals surface area contributed by atoms with Crippen molar-refractivity contribution in [2.45, 2.75) is 33.9 Å². The molecule has 0 atom stereocenters. The number of anilines is 1. The second-order valence-electron chi connectivity index (χ2n) is 5.18. The molecule has 0 spiro atoms. The highest BCUT2D eigenvalue weighted by Crippen LogP contribution is 2.30. The maximum atomic E-state index is 5.98. The van der Waals surface area contributed by atoms with Gasteiger partial charge in [-0.05, 0) is 30.5 Å². The van der Waals surface area contributed by atoms with Gasteiger partial charge >= 0.3 is 0 Å². The summed E-state index contributed by atoms with van der Waals surface area (Å²) >= 11 is 3.41. The van der Waals surface area contributed by atoms with Gasteiger partial charge in [0, 0.05) is 11.0 Å². The minimum Gasteiger partial charge on any atom is -0.483 e. The quantitative estimate of drug-likeness (QED) is 0.850. The summed E-state index contributed by atoms with van der Waals surface area (Å²) in [6, 6.07) is 3.81. The zero-order chi connectivity index (χ0) is 14.7. The molecular weight excluding hydrogens is 320 g/mol. The van der Waals surface area contributed by atoms with Gasteiger partial charge in [-0.2, -0.15) is 5.10 Å². The molecule has 2 N–H and O–H groups in total. The van der Waals surface area contributed by atoms with Crippen molar-refractivity contribution in [2.75, 3.05) is 5.73 Å². The number of hydrogen-bond acceptors (Lipinski definition) is 4. The van der Waals surface area contributed by atoms with Crippen molar-refractivity contribution in [3.8, 4) is 5.75 Å². The largest absolute Gasteiger partial charge is 0.483 e. The van der Waals surface area contributed by atoms with Crippen LogP contribution in [0, 0.1) is 12.8 Å². The number of aryl methyl sites for hydroxylation is 1. The Hall–Kier alpha value is -1.56. The summed E-state index contributed by atoms with van der Waals surface area (Å²) in [6.45, 7) is 7.44. The first-order chi connectivity index (χ1) is 9.47. The monoisotopic (exact) mass is 338 g/mol. The highest BCUT2D eigenvalue weighted by molar-refractivity contribution is 9.10. The molecule has 1 aromatic carbocycles. The molecule has 0 fully saturated rings. The highest BCUT2D eigenvalue weighted by atomic mass is 79.9. The molecule has 20 heavy (non-hydrogen) atoms. The molecule has 0 radical (unpaired) electrons. The standard InChI is InChI=1S/C14H19BrN4O/c1-9(2)6-19-13(17-8-18-19)7-20-14-10(3)4-11(15)5-12(14)16/h4-5,8-9H,6-7,16H2,1-3H3. The highest BCUT2D eigenvalue weighted by Gasteiger charge is 2.10. The van der Waals surface area contributed by atoms with Gasteiger partial charge in [-0.25, -0.2) is 9.67 Å². The Kier molecular flexibility index (Phi) is 4.65. The van der Waals surface area contributed by atoms with Crippen LogP contribution in [0.1, 0.15) is 25.2 Å². The number of nitrogens with zero attached hydrogens (tertiary/aromatic N) is 3. The second kappa shape index (κ2) is 6.26. The predicted octanol–water partition coefficient (Wildman–Crippen LogP) is 3.17. The van der Waals surface area contributed by atoms with E-state index in [0.717, 1.165) is 22.4 Å². The number of halogens is 1. The number of aromatic nitrogens is 3. The molecule has 108 valence electrons. The molecule has 2 aromatic rings. The van der Waals surface area contributed by atoms with Gasteiger partial charge in [-0.1, -0.05) is 29.8 Å². The van der Waals surface area contributed by atoms with Crippen molar-refractivity contribution in [2.24, 2.45) is 5.92 Å². The molecule has 1 aromatic heterocycles. The fraction of sp³-hybridized carbons (Fsp3) is 0.429. The van der Waals surface area contributed by atoms with E-state index in [-0.39, 0.29) is 0 Å². The van der Waals surface area contributed by atoms with Crippen LogP contribution in [0.2, 0.25) is 0 Å². The lowest BCUT2D eigenvalue weighted by Gasteiger charge is -2.13. The van der Waals surface area contributed by atoms with Crippen LogP contribution >= 0.6 is 15.9 Å². The Labute approximate surface area is 127 Å². The van der Waals surface area contributed by atoms with Crippen LogP contribution in [0.4, 0.5) is 5.69 Å². The van der Waals surface area contributed by atoms with Crippen LogP contribution in [0.3, 0.4) is 0 Å². The van der Waals surface area contributed by atoms with Crippen molar-refractivity contribution in [3.63, 3.8) is 0 Å². The molecule has 2 rings (SSSR count). The molecule has 0 aliphatic heterocycles. The maximum Gasteiger partial charge on any atom is 0.164 e. The topological polar surface area (TPSA) is 66.0 Å². The van der Waals surface area contributed by atoms with Gasteiger partial charge in [0.15, 0.2) is 5.82 Å². The van der Waals surface area contributed by atoms with Gasteiger partial charge in [0.25, 0.3) is 0 Å². The molecule has 0 aliphatic rings. The first kappa shape index (κ1) is 14.8. The summed E-state index contributed by atoms with van der Waals surface area (Å²) in [4.78, 5) is 4.24. The average Bonchev–Trinajstić information content (AvgIpc) is 2.74. The summed E-state index contributed by atoms with van der Waals surface area (Å²) in [5, 5.41) is 4.21. The van der Waals surface area contributed by atoms with E-state index in [9.17, 15) is 0 Å². The number of nitrogens with two attached hydrogens (primary N) is 1. The zero-order valence-corrected chi connectivity index (χ0v) is 13.5. The molecule has 0 saturated heterocycles. The number of rotatable bonds is 5. The smallest absolute Gasteiger partial charge is 0.164 e. The number of nitrogen functional groups attached to an aromatic ring is 1. The SMILES string of the molecule is Cc1cc(Br)cc(N)c1OCc1ncnn1CC(C)C. The lowest BCUT2D eigenvalue weighted by Crippen LogP contribution is -2.13. The van der Waals surface area contributed by atoms with Gasteiger partial charge in [0.05, 0.1) is 5.69 Å². The Morgan fingerprint density at radius 2 is 2.15 bits per heavy atom. The third-order valence-corrected chi connectivity index (χ3v) is 3.31. The summed E-state index contributed by atoms with van der Waals surface area (Å²) in [5.41, 5.74) is 7.59. The third kappa shape index (κ3) is 3.50. The Bertz CT molecular complexity index is 572. The molecule has 0 saturated carbocycles. The molecule has 0 amide bonds. The average molecular weight is 339 g/mol. The van der Waals surface area contributed by atoms with Crippen molar-refractivity contribution in [1.82, 2.24) is 14.8 Å². The lowest BCUT2D eigenvalue weighted by atomic mass is 10.2. The van der Waals surface area contributed by atoms with Crippen molar-refractivity contribution >= 4 is 21.6 Å². The van der Waals surface area contributed by atoms with E-state index in [1.165, 1.54) is 0 Å². The fourth-order valence-corrected chi connectivity index (χ4v) is 2.58. The summed E-state index contributed by atoms with van der Waals surface area (Å²) in [7, 11) is 0. The molecular formula is C14H19BrN4O. The Morgan fingerprint density at radius 1 is 1.40 bits per heavy atom. The van der Waals surface area contributed by atoms with Crippen molar-refractivity contribution in [1.29, 1.82) is 0 Å². The van der Waals surface area contributed by atoms with E-state index in [1.54, 1.807) is 6.33 Å². The van der Waals surface area contributed by atoms with E-state index in [4.69, 9.17) is 10.5 Å². The van der Waals surface area contributed by atoms with Gasteiger partial charge < -0.3 is 10.5 Å². The maximum absolute atomic E-state index is 5.98. The molecule has 0 bridgehead atoms. The fourth-order valence-electron chi connectivity index (χ4n) is 1.99. The predicted molar refractivity (Wildman–Crippen MR) is 82.5 cm³/mol.